The van der Waals surface area contributed by atoms with Gasteiger partial charge < -0.3 is 10.9 Å². The summed E-state index contributed by atoms with van der Waals surface area (Å²) in [5.41, 5.74) is 5.04. The summed E-state index contributed by atoms with van der Waals surface area (Å²) in [5.74, 6) is -3.27. The van der Waals surface area contributed by atoms with Crippen LogP contribution in [-0.4, -0.2) is 23.0 Å². The van der Waals surface area contributed by atoms with Crippen LogP contribution in [0.25, 0.3) is 0 Å². The number of oxime groups is 1. The van der Waals surface area contributed by atoms with Gasteiger partial charge in [0.25, 0.3) is 0 Å². The van der Waals surface area contributed by atoms with Crippen LogP contribution < -0.4 is 5.73 Å². The Labute approximate surface area is 111 Å². The fourth-order valence-corrected chi connectivity index (χ4v) is 2.54. The lowest BCUT2D eigenvalue weighted by Crippen LogP contribution is -2.37. The quantitative estimate of drug-likeness (QED) is 0.295. The van der Waals surface area contributed by atoms with Crippen molar-refractivity contribution in [3.63, 3.8) is 0 Å². The lowest BCUT2D eigenvalue weighted by Gasteiger charge is -2.18. The van der Waals surface area contributed by atoms with Gasteiger partial charge in [-0.05, 0) is 12.1 Å². The van der Waals surface area contributed by atoms with E-state index in [1.165, 1.54) is 0 Å². The van der Waals surface area contributed by atoms with Gasteiger partial charge in [0.1, 0.15) is 5.92 Å². The molecule has 1 unspecified atom stereocenters. The van der Waals surface area contributed by atoms with Gasteiger partial charge in [0.2, 0.25) is 0 Å². The second-order valence-corrected chi connectivity index (χ2v) is 4.83. The Kier molecular flexibility index (Phi) is 5.15. The molecule has 1 atom stereocenters. The Morgan fingerprint density at radius 3 is 2.56 bits per heavy atom. The Morgan fingerprint density at radius 2 is 2.06 bits per heavy atom. The van der Waals surface area contributed by atoms with Crippen LogP contribution in [0.2, 0.25) is 5.02 Å². The monoisotopic (exact) mass is 298 g/mol. The molecule has 0 saturated carbocycles. The van der Waals surface area contributed by atoms with Crippen LogP contribution in [-0.2, 0) is 0 Å². The molecule has 3 N–H and O–H groups in total. The van der Waals surface area contributed by atoms with E-state index in [9.17, 15) is 13.2 Å². The lowest BCUT2D eigenvalue weighted by atomic mass is 10.1. The predicted molar refractivity (Wildman–Crippen MR) is 65.1 cm³/mol. The minimum atomic E-state index is -4.56. The highest BCUT2D eigenvalue weighted by molar-refractivity contribution is 7.99. The molecular weight excluding hydrogens is 289 g/mol. The molecule has 100 valence electrons. The number of halogens is 4. The van der Waals surface area contributed by atoms with Crippen molar-refractivity contribution in [2.45, 2.75) is 11.1 Å². The molecule has 0 fully saturated rings. The molecule has 18 heavy (non-hydrogen) atoms. The van der Waals surface area contributed by atoms with E-state index in [0.29, 0.717) is 9.92 Å². The second-order valence-electron chi connectivity index (χ2n) is 3.36. The first-order valence-electron chi connectivity index (χ1n) is 4.77. The topological polar surface area (TPSA) is 58.6 Å². The zero-order valence-electron chi connectivity index (χ0n) is 8.99. The van der Waals surface area contributed by atoms with E-state index >= 15 is 0 Å². The highest BCUT2D eigenvalue weighted by Gasteiger charge is 2.42. The van der Waals surface area contributed by atoms with Crippen LogP contribution >= 0.6 is 23.4 Å². The number of alkyl halides is 3. The number of benzene rings is 1. The molecule has 1 aromatic rings. The summed E-state index contributed by atoms with van der Waals surface area (Å²) < 4.78 is 37.9. The minimum absolute atomic E-state index is 0.364. The van der Waals surface area contributed by atoms with E-state index in [-0.39, 0.29) is 0 Å². The molecule has 0 saturated heterocycles. The Hall–Kier alpha value is -1.08. The average Bonchev–Trinajstić information content (AvgIpc) is 2.29. The molecule has 0 aliphatic heterocycles. The van der Waals surface area contributed by atoms with Crippen molar-refractivity contribution in [1.82, 2.24) is 0 Å². The van der Waals surface area contributed by atoms with Gasteiger partial charge in [0.05, 0.1) is 5.02 Å². The highest BCUT2D eigenvalue weighted by Crippen LogP contribution is 2.34. The molecule has 0 radical (unpaired) electrons. The number of thioether (sulfide) groups is 1. The number of nitrogens with two attached hydrogens (primary N) is 1. The van der Waals surface area contributed by atoms with Crippen molar-refractivity contribution in [2.24, 2.45) is 16.8 Å². The van der Waals surface area contributed by atoms with Gasteiger partial charge in [0, 0.05) is 10.6 Å². The first-order valence-corrected chi connectivity index (χ1v) is 6.14. The largest absolute Gasteiger partial charge is 0.409 e. The van der Waals surface area contributed by atoms with E-state index in [0.717, 1.165) is 11.8 Å². The van der Waals surface area contributed by atoms with Crippen molar-refractivity contribution in [3.05, 3.63) is 29.3 Å². The summed E-state index contributed by atoms with van der Waals surface area (Å²) >= 11 is 6.72. The third kappa shape index (κ3) is 3.99. The van der Waals surface area contributed by atoms with Crippen LogP contribution in [0.1, 0.15) is 0 Å². The van der Waals surface area contributed by atoms with Gasteiger partial charge in [-0.3, -0.25) is 0 Å². The summed E-state index contributed by atoms with van der Waals surface area (Å²) in [4.78, 5) is 0.513. The molecule has 0 spiro atoms. The van der Waals surface area contributed by atoms with Gasteiger partial charge >= 0.3 is 6.18 Å². The van der Waals surface area contributed by atoms with Crippen molar-refractivity contribution >= 4 is 29.2 Å². The van der Waals surface area contributed by atoms with Crippen molar-refractivity contribution in [2.75, 3.05) is 5.75 Å². The number of rotatable bonds is 4. The Bertz CT molecular complexity index is 439. The van der Waals surface area contributed by atoms with Crippen LogP contribution in [0.5, 0.6) is 0 Å². The maximum absolute atomic E-state index is 12.6. The molecule has 0 aliphatic carbocycles. The fourth-order valence-electron chi connectivity index (χ4n) is 1.15. The summed E-state index contributed by atoms with van der Waals surface area (Å²) in [6.45, 7) is 0. The van der Waals surface area contributed by atoms with Crippen LogP contribution in [0.15, 0.2) is 34.3 Å². The third-order valence-electron chi connectivity index (χ3n) is 2.11. The van der Waals surface area contributed by atoms with Gasteiger partial charge in [-0.1, -0.05) is 28.9 Å². The van der Waals surface area contributed by atoms with Gasteiger partial charge in [-0.2, -0.15) is 13.2 Å². The van der Waals surface area contributed by atoms with Crippen molar-refractivity contribution in [1.29, 1.82) is 0 Å². The van der Waals surface area contributed by atoms with Crippen LogP contribution in [0, 0.1) is 5.92 Å². The normalized spacial score (nSPS) is 14.6. The van der Waals surface area contributed by atoms with Crippen LogP contribution in [0.3, 0.4) is 0 Å². The summed E-state index contributed by atoms with van der Waals surface area (Å²) in [6.07, 6.45) is -4.56. The molecule has 1 rings (SSSR count). The Balaban J connectivity index is 2.78. The molecular formula is C10H10ClF3N2OS. The van der Waals surface area contributed by atoms with E-state index in [1.807, 2.05) is 0 Å². The number of hydrogen-bond donors (Lipinski definition) is 2. The summed E-state index contributed by atoms with van der Waals surface area (Å²) in [6, 6.07) is 6.53. The SMILES string of the molecule is N/C(=N/O)C(CSc1ccccc1Cl)C(F)(F)F. The number of hydrogen-bond acceptors (Lipinski definition) is 3. The predicted octanol–water partition coefficient (Wildman–Crippen LogP) is 3.36. The Morgan fingerprint density at radius 1 is 1.44 bits per heavy atom. The van der Waals surface area contributed by atoms with E-state index in [2.05, 4.69) is 5.16 Å². The molecule has 8 heteroatoms. The maximum atomic E-state index is 12.6. The summed E-state index contributed by atoms with van der Waals surface area (Å²) in [5, 5.41) is 11.1. The standard InChI is InChI=1S/C10H10ClF3N2OS/c11-7-3-1-2-4-8(7)18-5-6(9(15)16-17)10(12,13)14/h1-4,6,17H,5H2,(H2,15,16). The maximum Gasteiger partial charge on any atom is 0.399 e. The second kappa shape index (κ2) is 6.19. The fraction of sp³-hybridized carbons (Fsp3) is 0.300. The van der Waals surface area contributed by atoms with E-state index in [4.69, 9.17) is 22.5 Å². The molecule has 0 bridgehead atoms. The van der Waals surface area contributed by atoms with Gasteiger partial charge in [-0.15, -0.1) is 11.8 Å². The zero-order chi connectivity index (χ0) is 13.8. The smallest absolute Gasteiger partial charge is 0.399 e. The lowest BCUT2D eigenvalue weighted by molar-refractivity contribution is -0.150. The zero-order valence-corrected chi connectivity index (χ0v) is 10.6. The van der Waals surface area contributed by atoms with Crippen LogP contribution in [0.4, 0.5) is 13.2 Å². The molecule has 0 aromatic heterocycles. The van der Waals surface area contributed by atoms with Gasteiger partial charge in [-0.25, -0.2) is 0 Å². The summed E-state index contributed by atoms with van der Waals surface area (Å²) in [7, 11) is 0. The van der Waals surface area contributed by atoms with Gasteiger partial charge in [0.15, 0.2) is 5.84 Å². The molecule has 0 aliphatic rings. The molecule has 1 aromatic carbocycles. The van der Waals surface area contributed by atoms with Crippen molar-refractivity contribution < 1.29 is 18.4 Å². The molecule has 0 amide bonds. The number of nitrogens with zero attached hydrogens (tertiary/aromatic N) is 1. The minimum Gasteiger partial charge on any atom is -0.409 e. The average molecular weight is 299 g/mol. The first kappa shape index (κ1) is 15.0. The van der Waals surface area contributed by atoms with E-state index < -0.39 is 23.7 Å². The van der Waals surface area contributed by atoms with Crippen molar-refractivity contribution in [3.8, 4) is 0 Å². The molecule has 0 heterocycles. The van der Waals surface area contributed by atoms with E-state index in [1.54, 1.807) is 24.3 Å². The highest BCUT2D eigenvalue weighted by atomic mass is 35.5. The molecule has 3 nitrogen and oxygen atoms in total. The third-order valence-corrected chi connectivity index (χ3v) is 3.72. The number of amidine groups is 1. The first-order chi connectivity index (χ1) is 8.36.